The Morgan fingerprint density at radius 1 is 1.20 bits per heavy atom. The average molecular weight is 225 g/mol. The Morgan fingerprint density at radius 2 is 1.87 bits per heavy atom. The fourth-order valence-electron chi connectivity index (χ4n) is 1.91. The average Bonchev–Trinajstić information content (AvgIpc) is 2.67. The van der Waals surface area contributed by atoms with Crippen LogP contribution in [0.25, 0.3) is 0 Å². The lowest BCUT2D eigenvalue weighted by molar-refractivity contribution is -0.749. The van der Waals surface area contributed by atoms with Crippen molar-refractivity contribution in [1.29, 1.82) is 0 Å². The maximum absolute atomic E-state index is 2.52. The van der Waals surface area contributed by atoms with E-state index in [9.17, 15) is 0 Å². The second-order valence-corrected chi connectivity index (χ2v) is 6.18. The first kappa shape index (κ1) is 10.9. The topological polar surface area (TPSA) is 7.12 Å². The maximum Gasteiger partial charge on any atom is 0.227 e. The zero-order chi connectivity index (χ0) is 10.9. The van der Waals surface area contributed by atoms with Gasteiger partial charge >= 0.3 is 0 Å². The van der Waals surface area contributed by atoms with Crippen LogP contribution < -0.4 is 9.47 Å². The molecule has 0 atom stereocenters. The minimum Gasteiger partial charge on any atom is -0.358 e. The van der Waals surface area contributed by atoms with Gasteiger partial charge < -0.3 is 4.90 Å². The molecule has 1 aliphatic heterocycles. The molecule has 84 valence electrons. The molecule has 1 fully saturated rings. The number of rotatable bonds is 1. The molecule has 0 saturated carbocycles. The van der Waals surface area contributed by atoms with Crippen molar-refractivity contribution in [2.24, 2.45) is 0 Å². The molecule has 2 nitrogen and oxygen atoms in total. The monoisotopic (exact) mass is 225 g/mol. The molecule has 2 rings (SSSR count). The van der Waals surface area contributed by atoms with Crippen LogP contribution in [-0.4, -0.2) is 13.1 Å². The van der Waals surface area contributed by atoms with Gasteiger partial charge in [0.1, 0.15) is 0 Å². The number of anilines is 1. The Morgan fingerprint density at radius 3 is 2.40 bits per heavy atom. The predicted octanol–water partition coefficient (Wildman–Crippen LogP) is 2.78. The van der Waals surface area contributed by atoms with Crippen molar-refractivity contribution >= 4 is 16.3 Å². The number of hydrogen-bond acceptors (Lipinski definition) is 2. The Labute approximate surface area is 96.5 Å². The zero-order valence-electron chi connectivity index (χ0n) is 9.99. The van der Waals surface area contributed by atoms with E-state index < -0.39 is 0 Å². The highest BCUT2D eigenvalue weighted by atomic mass is 32.1. The Kier molecular flexibility index (Phi) is 3.01. The summed E-state index contributed by atoms with van der Waals surface area (Å²) < 4.78 is 2.32. The van der Waals surface area contributed by atoms with Crippen LogP contribution in [0.2, 0.25) is 0 Å². The maximum atomic E-state index is 2.52. The van der Waals surface area contributed by atoms with Crippen LogP contribution in [0.15, 0.2) is 11.7 Å². The van der Waals surface area contributed by atoms with E-state index >= 15 is 0 Å². The molecule has 1 aromatic rings. The first-order chi connectivity index (χ1) is 7.07. The number of thiazole rings is 1. The largest absolute Gasteiger partial charge is 0.358 e. The van der Waals surface area contributed by atoms with E-state index in [-0.39, 0.29) is 5.54 Å². The molecular formula is C12H21N2S+. The van der Waals surface area contributed by atoms with Crippen molar-refractivity contribution < 1.29 is 4.57 Å². The molecular weight excluding hydrogens is 204 g/mol. The number of nitrogens with zero attached hydrogens (tertiary/aromatic N) is 2. The van der Waals surface area contributed by atoms with Crippen molar-refractivity contribution in [1.82, 2.24) is 0 Å². The van der Waals surface area contributed by atoms with Crippen LogP contribution in [0, 0.1) is 0 Å². The van der Waals surface area contributed by atoms with Gasteiger partial charge in [-0.2, -0.15) is 4.57 Å². The molecule has 1 aliphatic rings. The van der Waals surface area contributed by atoms with Crippen LogP contribution in [0.3, 0.4) is 0 Å². The second-order valence-electron chi connectivity index (χ2n) is 5.32. The minimum atomic E-state index is 0.213. The molecule has 15 heavy (non-hydrogen) atoms. The molecule has 0 radical (unpaired) electrons. The highest BCUT2D eigenvalue weighted by Gasteiger charge is 2.25. The molecule has 0 N–H and O–H groups in total. The van der Waals surface area contributed by atoms with Gasteiger partial charge in [0.25, 0.3) is 0 Å². The van der Waals surface area contributed by atoms with Crippen LogP contribution >= 0.6 is 11.3 Å². The molecule has 0 aromatic carbocycles. The number of aromatic nitrogens is 1. The second kappa shape index (κ2) is 4.12. The van der Waals surface area contributed by atoms with Gasteiger partial charge in [-0.15, -0.1) is 0 Å². The van der Waals surface area contributed by atoms with E-state index in [0.717, 1.165) is 0 Å². The Balaban J connectivity index is 2.12. The fraction of sp³-hybridized carbons (Fsp3) is 0.750. The normalized spacial score (nSPS) is 18.2. The van der Waals surface area contributed by atoms with Gasteiger partial charge in [0.2, 0.25) is 11.7 Å². The summed E-state index contributed by atoms with van der Waals surface area (Å²) in [6.45, 7) is 9.23. The van der Waals surface area contributed by atoms with Crippen molar-refractivity contribution in [3.8, 4) is 0 Å². The fourth-order valence-corrected chi connectivity index (χ4v) is 3.02. The summed E-state index contributed by atoms with van der Waals surface area (Å²) in [4.78, 5) is 2.52. The molecule has 0 unspecified atom stereocenters. The Bertz CT molecular complexity index is 319. The molecule has 1 aromatic heterocycles. The smallest absolute Gasteiger partial charge is 0.227 e. The third-order valence-electron chi connectivity index (χ3n) is 2.98. The SMILES string of the molecule is CC(C)(C)[n+]1csc(N2CCCCC2)c1. The summed E-state index contributed by atoms with van der Waals surface area (Å²) >= 11 is 1.87. The molecule has 3 heteroatoms. The first-order valence-electron chi connectivity index (χ1n) is 5.82. The third-order valence-corrected chi connectivity index (χ3v) is 3.92. The van der Waals surface area contributed by atoms with Gasteiger partial charge in [0.05, 0.1) is 0 Å². The predicted molar refractivity (Wildman–Crippen MR) is 65.6 cm³/mol. The van der Waals surface area contributed by atoms with Gasteiger partial charge in [-0.05, 0) is 19.3 Å². The first-order valence-corrected chi connectivity index (χ1v) is 6.70. The molecule has 0 aliphatic carbocycles. The van der Waals surface area contributed by atoms with Crippen LogP contribution in [0.4, 0.5) is 5.00 Å². The van der Waals surface area contributed by atoms with Crippen LogP contribution in [-0.2, 0) is 5.54 Å². The summed E-state index contributed by atoms with van der Waals surface area (Å²) in [5.41, 5.74) is 2.45. The van der Waals surface area contributed by atoms with Crippen molar-refractivity contribution in [2.75, 3.05) is 18.0 Å². The van der Waals surface area contributed by atoms with E-state index in [1.165, 1.54) is 37.4 Å². The molecule has 1 saturated heterocycles. The summed E-state index contributed by atoms with van der Waals surface area (Å²) in [5, 5.41) is 1.43. The van der Waals surface area contributed by atoms with E-state index in [2.05, 4.69) is 41.9 Å². The quantitative estimate of drug-likeness (QED) is 0.667. The molecule has 2 heterocycles. The van der Waals surface area contributed by atoms with Crippen LogP contribution in [0.5, 0.6) is 0 Å². The molecule has 0 spiro atoms. The number of piperidine rings is 1. The van der Waals surface area contributed by atoms with E-state index in [1.807, 2.05) is 11.3 Å². The highest BCUT2D eigenvalue weighted by Crippen LogP contribution is 2.23. The number of hydrogen-bond donors (Lipinski definition) is 0. The lowest BCUT2D eigenvalue weighted by atomic mass is 10.1. The van der Waals surface area contributed by atoms with Gasteiger partial charge in [-0.1, -0.05) is 11.3 Å². The van der Waals surface area contributed by atoms with Crippen molar-refractivity contribution in [3.63, 3.8) is 0 Å². The molecule has 0 amide bonds. The summed E-state index contributed by atoms with van der Waals surface area (Å²) in [5.74, 6) is 0. The van der Waals surface area contributed by atoms with Gasteiger partial charge in [-0.3, -0.25) is 0 Å². The van der Waals surface area contributed by atoms with Gasteiger partial charge in [-0.25, -0.2) is 0 Å². The van der Waals surface area contributed by atoms with Gasteiger partial charge in [0.15, 0.2) is 10.5 Å². The summed E-state index contributed by atoms with van der Waals surface area (Å²) in [6, 6.07) is 0. The zero-order valence-corrected chi connectivity index (χ0v) is 10.8. The lowest BCUT2D eigenvalue weighted by Crippen LogP contribution is -2.48. The third kappa shape index (κ3) is 2.51. The van der Waals surface area contributed by atoms with Crippen molar-refractivity contribution in [2.45, 2.75) is 45.6 Å². The van der Waals surface area contributed by atoms with E-state index in [0.29, 0.717) is 0 Å². The summed E-state index contributed by atoms with van der Waals surface area (Å²) in [7, 11) is 0. The van der Waals surface area contributed by atoms with Crippen molar-refractivity contribution in [3.05, 3.63) is 11.7 Å². The van der Waals surface area contributed by atoms with E-state index in [1.54, 1.807) is 0 Å². The van der Waals surface area contributed by atoms with Crippen LogP contribution in [0.1, 0.15) is 40.0 Å². The molecule has 0 bridgehead atoms. The van der Waals surface area contributed by atoms with E-state index in [4.69, 9.17) is 0 Å². The van der Waals surface area contributed by atoms with Gasteiger partial charge in [0, 0.05) is 33.9 Å². The Hall–Kier alpha value is -0.570. The summed E-state index contributed by atoms with van der Waals surface area (Å²) in [6.07, 6.45) is 6.41. The minimum absolute atomic E-state index is 0.213. The lowest BCUT2D eigenvalue weighted by Gasteiger charge is -2.25. The highest BCUT2D eigenvalue weighted by molar-refractivity contribution is 7.13. The standard InChI is InChI=1S/C12H21N2S/c1-12(2,3)14-9-11(15-10-14)13-7-5-4-6-8-13/h9-10H,4-8H2,1-3H3/q+1.